The number of hydrogen-bond donors (Lipinski definition) is 1. The first-order valence-electron chi connectivity index (χ1n) is 5.77. The molecule has 0 aromatic heterocycles. The second kappa shape index (κ2) is 8.97. The molecule has 0 spiro atoms. The third-order valence-corrected chi connectivity index (χ3v) is 3.19. The lowest BCUT2D eigenvalue weighted by atomic mass is 10.1. The zero-order valence-corrected chi connectivity index (χ0v) is 12.4. The molecule has 17 heavy (non-hydrogen) atoms. The van der Waals surface area contributed by atoms with Gasteiger partial charge in [-0.1, -0.05) is 6.92 Å². The number of rotatable bonds is 4. The van der Waals surface area contributed by atoms with Crippen LogP contribution in [0.4, 0.5) is 0 Å². The number of halogens is 2. The highest BCUT2D eigenvalue weighted by molar-refractivity contribution is 5.85. The number of carboxylic acid groups (broad SMARTS) is 1. The van der Waals surface area contributed by atoms with Gasteiger partial charge in [0.05, 0.1) is 0 Å². The topological polar surface area (TPSA) is 43.8 Å². The van der Waals surface area contributed by atoms with Crippen LogP contribution in [0.15, 0.2) is 0 Å². The van der Waals surface area contributed by atoms with E-state index in [1.54, 1.807) is 0 Å². The van der Waals surface area contributed by atoms with Gasteiger partial charge in [-0.2, -0.15) is 0 Å². The summed E-state index contributed by atoms with van der Waals surface area (Å²) >= 11 is 0. The van der Waals surface area contributed by atoms with Crippen molar-refractivity contribution in [3.63, 3.8) is 0 Å². The van der Waals surface area contributed by atoms with Gasteiger partial charge in [-0.25, -0.2) is 0 Å². The summed E-state index contributed by atoms with van der Waals surface area (Å²) in [5, 5.41) is 9.05. The summed E-state index contributed by atoms with van der Waals surface area (Å²) < 4.78 is 0. The van der Waals surface area contributed by atoms with Gasteiger partial charge in [0.25, 0.3) is 0 Å². The Bertz CT molecular complexity index is 220. The molecule has 0 radical (unpaired) electrons. The van der Waals surface area contributed by atoms with Crippen molar-refractivity contribution in [2.45, 2.75) is 39.3 Å². The zero-order chi connectivity index (χ0) is 11.4. The Morgan fingerprint density at radius 2 is 1.53 bits per heavy atom. The molecule has 0 amide bonds. The summed E-state index contributed by atoms with van der Waals surface area (Å²) in [5.41, 5.74) is 0. The van der Waals surface area contributed by atoms with Crippen molar-refractivity contribution in [1.29, 1.82) is 0 Å². The SMILES string of the molecule is CCC(C(=O)O)N1CCN(C(C)C)CC1.Cl.Cl. The van der Waals surface area contributed by atoms with Crippen LogP contribution in [0.2, 0.25) is 0 Å². The van der Waals surface area contributed by atoms with Crippen LogP contribution in [0.1, 0.15) is 27.2 Å². The molecule has 1 heterocycles. The molecule has 1 aliphatic rings. The molecule has 6 heteroatoms. The van der Waals surface area contributed by atoms with Crippen LogP contribution in [0, 0.1) is 0 Å². The number of carboxylic acids is 1. The largest absolute Gasteiger partial charge is 0.480 e. The Balaban J connectivity index is 0. The minimum Gasteiger partial charge on any atom is -0.480 e. The molecule has 1 N–H and O–H groups in total. The van der Waals surface area contributed by atoms with Crippen LogP contribution in [0.3, 0.4) is 0 Å². The molecule has 104 valence electrons. The quantitative estimate of drug-likeness (QED) is 0.855. The summed E-state index contributed by atoms with van der Waals surface area (Å²) in [6, 6.07) is 0.274. The number of piperazine rings is 1. The molecule has 1 rings (SSSR count). The first kappa shape index (κ1) is 19.3. The summed E-state index contributed by atoms with van der Waals surface area (Å²) in [5.74, 6) is -0.685. The van der Waals surface area contributed by atoms with Gasteiger partial charge in [0.1, 0.15) is 6.04 Å². The van der Waals surface area contributed by atoms with Crippen molar-refractivity contribution in [2.75, 3.05) is 26.2 Å². The van der Waals surface area contributed by atoms with E-state index in [1.165, 1.54) is 0 Å². The Hall–Kier alpha value is -0.0300. The number of hydrogen-bond acceptors (Lipinski definition) is 3. The maximum absolute atomic E-state index is 11.0. The third kappa shape index (κ3) is 5.42. The lowest BCUT2D eigenvalue weighted by Crippen LogP contribution is -2.53. The fourth-order valence-corrected chi connectivity index (χ4v) is 2.15. The van der Waals surface area contributed by atoms with Crippen molar-refractivity contribution in [2.24, 2.45) is 0 Å². The first-order valence-corrected chi connectivity index (χ1v) is 5.77. The van der Waals surface area contributed by atoms with Gasteiger partial charge < -0.3 is 5.11 Å². The van der Waals surface area contributed by atoms with Crippen LogP contribution in [0.25, 0.3) is 0 Å². The molecular weight excluding hydrogens is 263 g/mol. The predicted octanol–water partition coefficient (Wildman–Crippen LogP) is 1.72. The van der Waals surface area contributed by atoms with Gasteiger partial charge in [0.2, 0.25) is 0 Å². The summed E-state index contributed by atoms with van der Waals surface area (Å²) in [6.07, 6.45) is 0.691. The molecule has 0 aromatic rings. The Kier molecular flexibility index (Phi) is 10.2. The minimum absolute atomic E-state index is 0. The molecule has 1 aliphatic heterocycles. The smallest absolute Gasteiger partial charge is 0.320 e. The molecule has 1 saturated heterocycles. The maximum Gasteiger partial charge on any atom is 0.320 e. The van der Waals surface area contributed by atoms with Crippen molar-refractivity contribution in [3.8, 4) is 0 Å². The number of aliphatic carboxylic acids is 1. The summed E-state index contributed by atoms with van der Waals surface area (Å²) in [7, 11) is 0. The van der Waals surface area contributed by atoms with E-state index in [4.69, 9.17) is 5.11 Å². The fraction of sp³-hybridized carbons (Fsp3) is 0.909. The maximum atomic E-state index is 11.0. The molecule has 0 aromatic carbocycles. The Morgan fingerprint density at radius 1 is 1.12 bits per heavy atom. The Labute approximate surface area is 116 Å². The second-order valence-electron chi connectivity index (χ2n) is 4.43. The van der Waals surface area contributed by atoms with E-state index in [2.05, 4.69) is 23.6 Å². The van der Waals surface area contributed by atoms with E-state index in [1.807, 2.05) is 6.92 Å². The van der Waals surface area contributed by atoms with E-state index in [0.717, 1.165) is 26.2 Å². The van der Waals surface area contributed by atoms with Gasteiger partial charge in [-0.15, -0.1) is 24.8 Å². The average Bonchev–Trinajstić information content (AvgIpc) is 2.19. The third-order valence-electron chi connectivity index (χ3n) is 3.19. The van der Waals surface area contributed by atoms with Crippen LogP contribution in [-0.4, -0.2) is 59.1 Å². The van der Waals surface area contributed by atoms with Gasteiger partial charge >= 0.3 is 5.97 Å². The highest BCUT2D eigenvalue weighted by Crippen LogP contribution is 2.11. The highest BCUT2D eigenvalue weighted by atomic mass is 35.5. The monoisotopic (exact) mass is 286 g/mol. The van der Waals surface area contributed by atoms with Crippen LogP contribution in [0.5, 0.6) is 0 Å². The van der Waals surface area contributed by atoms with Crippen LogP contribution >= 0.6 is 24.8 Å². The van der Waals surface area contributed by atoms with Gasteiger partial charge in [0.15, 0.2) is 0 Å². The van der Waals surface area contributed by atoms with E-state index < -0.39 is 5.97 Å². The molecule has 1 fully saturated rings. The van der Waals surface area contributed by atoms with E-state index >= 15 is 0 Å². The lowest BCUT2D eigenvalue weighted by molar-refractivity contribution is -0.144. The summed E-state index contributed by atoms with van der Waals surface area (Å²) in [4.78, 5) is 15.5. The van der Waals surface area contributed by atoms with Crippen LogP contribution < -0.4 is 0 Å². The van der Waals surface area contributed by atoms with E-state index in [-0.39, 0.29) is 30.9 Å². The Morgan fingerprint density at radius 3 is 1.82 bits per heavy atom. The average molecular weight is 287 g/mol. The normalized spacial score (nSPS) is 19.3. The zero-order valence-electron chi connectivity index (χ0n) is 10.8. The van der Waals surface area contributed by atoms with Crippen molar-refractivity contribution >= 4 is 30.8 Å². The second-order valence-corrected chi connectivity index (χ2v) is 4.43. The van der Waals surface area contributed by atoms with E-state index in [0.29, 0.717) is 12.5 Å². The molecule has 1 unspecified atom stereocenters. The molecule has 4 nitrogen and oxygen atoms in total. The molecule has 1 atom stereocenters. The van der Waals surface area contributed by atoms with Gasteiger partial charge in [-0.05, 0) is 20.3 Å². The minimum atomic E-state index is -0.685. The fourth-order valence-electron chi connectivity index (χ4n) is 2.15. The standard InChI is InChI=1S/C11H22N2O2.2ClH/c1-4-10(11(14)15)13-7-5-12(6-8-13)9(2)3;;/h9-10H,4-8H2,1-3H3,(H,14,15);2*1H. The van der Waals surface area contributed by atoms with E-state index in [9.17, 15) is 4.79 Å². The first-order chi connectivity index (χ1) is 7.06. The predicted molar refractivity (Wildman–Crippen MR) is 74.5 cm³/mol. The molecule has 0 bridgehead atoms. The van der Waals surface area contributed by atoms with Crippen molar-refractivity contribution in [3.05, 3.63) is 0 Å². The molecule has 0 aliphatic carbocycles. The highest BCUT2D eigenvalue weighted by Gasteiger charge is 2.27. The number of carbonyl (C=O) groups is 1. The molecule has 0 saturated carbocycles. The van der Waals surface area contributed by atoms with Gasteiger partial charge in [-0.3, -0.25) is 14.6 Å². The summed E-state index contributed by atoms with van der Waals surface area (Å²) in [6.45, 7) is 10.0. The number of nitrogens with zero attached hydrogens (tertiary/aromatic N) is 2. The van der Waals surface area contributed by atoms with Crippen molar-refractivity contribution < 1.29 is 9.90 Å². The van der Waals surface area contributed by atoms with Gasteiger partial charge in [0, 0.05) is 32.2 Å². The molecular formula is C11H24Cl2N2O2. The van der Waals surface area contributed by atoms with Crippen molar-refractivity contribution in [1.82, 2.24) is 9.80 Å². The van der Waals surface area contributed by atoms with Crippen LogP contribution in [-0.2, 0) is 4.79 Å². The lowest BCUT2D eigenvalue weighted by Gasteiger charge is -2.39.